The van der Waals surface area contributed by atoms with Crippen molar-refractivity contribution in [2.45, 2.75) is 90.1 Å². The third-order valence-electron chi connectivity index (χ3n) is 10.4. The van der Waals surface area contributed by atoms with Crippen molar-refractivity contribution in [3.8, 4) is 0 Å². The predicted molar refractivity (Wildman–Crippen MR) is 95.0 cm³/mol. The summed E-state index contributed by atoms with van der Waals surface area (Å²) in [6, 6.07) is 0. The Morgan fingerprint density at radius 1 is 0.720 bits per heavy atom. The highest BCUT2D eigenvalue weighted by molar-refractivity contribution is 5.17. The monoisotopic (exact) mass is 346 g/mol. The molecule has 5 unspecified atom stereocenters. The van der Waals surface area contributed by atoms with Crippen molar-refractivity contribution in [3.05, 3.63) is 0 Å². The van der Waals surface area contributed by atoms with E-state index in [1.807, 2.05) is 0 Å². The Labute approximate surface area is 152 Å². The first-order valence-corrected chi connectivity index (χ1v) is 10.8. The fraction of sp³-hybridized carbons (Fsp3) is 1.00. The Morgan fingerprint density at radius 3 is 2.20 bits per heavy atom. The second-order valence-corrected chi connectivity index (χ2v) is 11.0. The number of fused-ring (bicyclic) bond motifs is 7. The summed E-state index contributed by atoms with van der Waals surface area (Å²) in [7, 11) is 0. The first-order chi connectivity index (χ1) is 11.9. The molecule has 0 bridgehead atoms. The highest BCUT2D eigenvalue weighted by atomic mass is 16.7. The first-order valence-electron chi connectivity index (χ1n) is 10.8. The lowest BCUT2D eigenvalue weighted by Crippen LogP contribution is -2.59. The molecule has 1 spiro atoms. The van der Waals surface area contributed by atoms with Gasteiger partial charge in [-0.2, -0.15) is 0 Å². The van der Waals surface area contributed by atoms with Crippen LogP contribution in [0.5, 0.6) is 0 Å². The van der Waals surface area contributed by atoms with Crippen LogP contribution in [0.1, 0.15) is 72.1 Å². The number of rotatable bonds is 0. The zero-order valence-corrected chi connectivity index (χ0v) is 16.2. The second-order valence-electron chi connectivity index (χ2n) is 11.0. The molecule has 0 N–H and O–H groups in total. The Balaban J connectivity index is 1.36. The van der Waals surface area contributed by atoms with Gasteiger partial charge in [-0.25, -0.2) is 0 Å². The molecule has 0 radical (unpaired) electrons. The highest BCUT2D eigenvalue weighted by Crippen LogP contribution is 2.73. The average Bonchev–Trinajstić information content (AvgIpc) is 3.02. The van der Waals surface area contributed by atoms with Gasteiger partial charge in [0, 0.05) is 11.8 Å². The number of epoxide rings is 1. The molecule has 0 aromatic rings. The van der Waals surface area contributed by atoms with E-state index in [2.05, 4.69) is 20.8 Å². The Bertz CT molecular complexity index is 598. The van der Waals surface area contributed by atoms with Crippen molar-refractivity contribution in [3.63, 3.8) is 0 Å². The summed E-state index contributed by atoms with van der Waals surface area (Å²) in [4.78, 5) is 0. The SMILES string of the molecule is CC12CCC3C(CC[C@@]4(C)C[C@@H]5O[C@@H]5CC34C)C1CCC21OCCO1. The fourth-order valence-corrected chi connectivity index (χ4v) is 8.72. The van der Waals surface area contributed by atoms with Crippen LogP contribution >= 0.6 is 0 Å². The standard InChI is InChI=1S/C22H34O3/c1-19-7-4-14-15-6-9-22(23-10-11-24-22)20(15,2)8-5-16(14)21(19,3)13-18-17(12-19)25-18/h14-18H,4-13H2,1-3H3/t14?,15?,16?,17-,18+,19-,20?,21?/m0/s1. The lowest BCUT2D eigenvalue weighted by Gasteiger charge is -2.64. The number of hydrogen-bond acceptors (Lipinski definition) is 3. The maximum atomic E-state index is 6.29. The van der Waals surface area contributed by atoms with Gasteiger partial charge in [-0.1, -0.05) is 20.8 Å². The molecule has 3 nitrogen and oxygen atoms in total. The van der Waals surface area contributed by atoms with E-state index in [-0.39, 0.29) is 11.2 Å². The predicted octanol–water partition coefficient (Wildman–Crippen LogP) is 4.54. The molecule has 140 valence electrons. The molecule has 8 atom stereocenters. The molecule has 25 heavy (non-hydrogen) atoms. The molecule has 6 aliphatic rings. The van der Waals surface area contributed by atoms with E-state index in [0.717, 1.165) is 37.4 Å². The van der Waals surface area contributed by atoms with Gasteiger partial charge in [0.15, 0.2) is 5.79 Å². The van der Waals surface area contributed by atoms with Crippen LogP contribution < -0.4 is 0 Å². The van der Waals surface area contributed by atoms with E-state index in [1.165, 1.54) is 44.9 Å². The molecule has 0 amide bonds. The van der Waals surface area contributed by atoms with E-state index in [1.54, 1.807) is 0 Å². The summed E-state index contributed by atoms with van der Waals surface area (Å²) >= 11 is 0. The second kappa shape index (κ2) is 4.64. The van der Waals surface area contributed by atoms with Crippen molar-refractivity contribution in [2.24, 2.45) is 34.0 Å². The molecule has 2 heterocycles. The van der Waals surface area contributed by atoms with Gasteiger partial charge in [-0.15, -0.1) is 0 Å². The normalized spacial score (nSPS) is 61.3. The number of hydrogen-bond donors (Lipinski definition) is 0. The molecule has 3 heteroatoms. The Hall–Kier alpha value is -0.120. The van der Waals surface area contributed by atoms with Gasteiger partial charge in [-0.3, -0.25) is 0 Å². The molecule has 6 fully saturated rings. The molecule has 2 aliphatic heterocycles. The summed E-state index contributed by atoms with van der Waals surface area (Å²) in [6.07, 6.45) is 11.7. The van der Waals surface area contributed by atoms with Crippen molar-refractivity contribution in [2.75, 3.05) is 13.2 Å². The molecule has 6 rings (SSSR count). The van der Waals surface area contributed by atoms with Crippen molar-refractivity contribution in [1.82, 2.24) is 0 Å². The quantitative estimate of drug-likeness (QED) is 0.603. The lowest BCUT2D eigenvalue weighted by molar-refractivity contribution is -0.250. The van der Waals surface area contributed by atoms with Crippen molar-refractivity contribution < 1.29 is 14.2 Å². The van der Waals surface area contributed by atoms with E-state index in [4.69, 9.17) is 14.2 Å². The first kappa shape index (κ1) is 15.9. The Morgan fingerprint density at radius 2 is 1.40 bits per heavy atom. The largest absolute Gasteiger partial charge is 0.370 e. The van der Waals surface area contributed by atoms with Crippen LogP contribution in [0.2, 0.25) is 0 Å². The van der Waals surface area contributed by atoms with Crippen LogP contribution in [0.25, 0.3) is 0 Å². The fourth-order valence-electron chi connectivity index (χ4n) is 8.72. The number of ether oxygens (including phenoxy) is 3. The molecule has 0 aromatic carbocycles. The average molecular weight is 347 g/mol. The van der Waals surface area contributed by atoms with Gasteiger partial charge in [0.25, 0.3) is 0 Å². The summed E-state index contributed by atoms with van der Waals surface area (Å²) in [6.45, 7) is 9.33. The summed E-state index contributed by atoms with van der Waals surface area (Å²) in [5.74, 6) is 2.30. The van der Waals surface area contributed by atoms with Crippen LogP contribution in [-0.4, -0.2) is 31.2 Å². The van der Waals surface area contributed by atoms with E-state index < -0.39 is 0 Å². The molecular weight excluding hydrogens is 312 g/mol. The van der Waals surface area contributed by atoms with Gasteiger partial charge in [0.05, 0.1) is 25.4 Å². The Kier molecular flexibility index (Phi) is 2.95. The topological polar surface area (TPSA) is 31.0 Å². The van der Waals surface area contributed by atoms with Crippen LogP contribution in [0.15, 0.2) is 0 Å². The summed E-state index contributed by atoms with van der Waals surface area (Å²) < 4.78 is 18.6. The molecular formula is C22H34O3. The van der Waals surface area contributed by atoms with E-state index in [9.17, 15) is 0 Å². The van der Waals surface area contributed by atoms with E-state index >= 15 is 0 Å². The summed E-state index contributed by atoms with van der Waals surface area (Å²) in [5, 5.41) is 0. The van der Waals surface area contributed by atoms with E-state index in [0.29, 0.717) is 23.0 Å². The minimum absolute atomic E-state index is 0.238. The zero-order valence-electron chi connectivity index (χ0n) is 16.2. The molecule has 4 saturated carbocycles. The van der Waals surface area contributed by atoms with Gasteiger partial charge in [0.1, 0.15) is 0 Å². The maximum absolute atomic E-state index is 6.29. The minimum Gasteiger partial charge on any atom is -0.370 e. The van der Waals surface area contributed by atoms with Crippen molar-refractivity contribution >= 4 is 0 Å². The van der Waals surface area contributed by atoms with Gasteiger partial charge in [-0.05, 0) is 73.5 Å². The minimum atomic E-state index is -0.248. The third kappa shape index (κ3) is 1.75. The third-order valence-corrected chi connectivity index (χ3v) is 10.4. The maximum Gasteiger partial charge on any atom is 0.174 e. The van der Waals surface area contributed by atoms with Gasteiger partial charge in [0.2, 0.25) is 0 Å². The van der Waals surface area contributed by atoms with Crippen LogP contribution in [0.4, 0.5) is 0 Å². The molecule has 4 aliphatic carbocycles. The van der Waals surface area contributed by atoms with Gasteiger partial charge < -0.3 is 14.2 Å². The van der Waals surface area contributed by atoms with Crippen LogP contribution in [-0.2, 0) is 14.2 Å². The highest BCUT2D eigenvalue weighted by Gasteiger charge is 2.70. The molecule has 2 saturated heterocycles. The van der Waals surface area contributed by atoms with Crippen molar-refractivity contribution in [1.29, 1.82) is 0 Å². The molecule has 0 aromatic heterocycles. The van der Waals surface area contributed by atoms with Crippen LogP contribution in [0.3, 0.4) is 0 Å². The zero-order chi connectivity index (χ0) is 17.1. The summed E-state index contributed by atoms with van der Waals surface area (Å²) in [5.41, 5.74) is 1.21. The van der Waals surface area contributed by atoms with Crippen LogP contribution in [0, 0.1) is 34.0 Å². The smallest absolute Gasteiger partial charge is 0.174 e. The lowest BCUT2D eigenvalue weighted by atomic mass is 9.40. The van der Waals surface area contributed by atoms with Gasteiger partial charge >= 0.3 is 0 Å².